The monoisotopic (exact) mass is 324 g/mol. The summed E-state index contributed by atoms with van der Waals surface area (Å²) in [5, 5.41) is 0. The minimum atomic E-state index is -0.765. The molecule has 0 bridgehead atoms. The Labute approximate surface area is 135 Å². The molecule has 0 radical (unpaired) electrons. The van der Waals surface area contributed by atoms with E-state index in [1.54, 1.807) is 13.8 Å². The first kappa shape index (κ1) is 18.9. The van der Waals surface area contributed by atoms with Crippen molar-refractivity contribution in [2.24, 2.45) is 0 Å². The van der Waals surface area contributed by atoms with Gasteiger partial charge in [0.1, 0.15) is 22.6 Å². The highest BCUT2D eigenvalue weighted by molar-refractivity contribution is 5.96. The van der Waals surface area contributed by atoms with Crippen LogP contribution in [0.1, 0.15) is 72.8 Å². The molecule has 0 aromatic carbocycles. The number of hydrogen-bond donors (Lipinski definition) is 0. The maximum Gasteiger partial charge on any atom is 0.345 e. The molecule has 1 heterocycles. The fourth-order valence-electron chi connectivity index (χ4n) is 2.25. The molecule has 23 heavy (non-hydrogen) atoms. The summed E-state index contributed by atoms with van der Waals surface area (Å²) in [5.41, 5.74) is -1.06. The van der Waals surface area contributed by atoms with Crippen LogP contribution in [0, 0.1) is 0 Å². The Bertz CT molecular complexity index is 565. The van der Waals surface area contributed by atoms with Gasteiger partial charge in [-0.15, -0.1) is 0 Å². The molecule has 1 aromatic heterocycles. The first-order valence-electron chi connectivity index (χ1n) is 8.04. The predicted octanol–water partition coefficient (Wildman–Crippen LogP) is 2.90. The van der Waals surface area contributed by atoms with Gasteiger partial charge in [-0.25, -0.2) is 9.59 Å². The first-order valence-corrected chi connectivity index (χ1v) is 8.04. The summed E-state index contributed by atoms with van der Waals surface area (Å²) >= 11 is 0. The number of hydrogen-bond acceptors (Lipinski definition) is 6. The quantitative estimate of drug-likeness (QED) is 0.684. The van der Waals surface area contributed by atoms with E-state index in [-0.39, 0.29) is 35.9 Å². The maximum atomic E-state index is 12.7. The summed E-state index contributed by atoms with van der Waals surface area (Å²) < 4.78 is 15.6. The zero-order valence-electron chi connectivity index (χ0n) is 14.2. The van der Waals surface area contributed by atoms with E-state index < -0.39 is 17.4 Å². The second-order valence-electron chi connectivity index (χ2n) is 4.97. The fraction of sp³-hybridized carbons (Fsp3) is 0.588. The Hall–Kier alpha value is -2.11. The van der Waals surface area contributed by atoms with Crippen LogP contribution in [0.2, 0.25) is 0 Å². The minimum Gasteiger partial charge on any atom is -0.464 e. The van der Waals surface area contributed by atoms with E-state index >= 15 is 0 Å². The van der Waals surface area contributed by atoms with Crippen LogP contribution in [0.5, 0.6) is 0 Å². The van der Waals surface area contributed by atoms with Gasteiger partial charge >= 0.3 is 11.9 Å². The van der Waals surface area contributed by atoms with Crippen molar-refractivity contribution in [3.05, 3.63) is 32.9 Å². The maximum absolute atomic E-state index is 12.7. The van der Waals surface area contributed by atoms with Gasteiger partial charge in [-0.2, -0.15) is 0 Å². The number of rotatable bonds is 8. The smallest absolute Gasteiger partial charge is 0.345 e. The van der Waals surface area contributed by atoms with Crippen molar-refractivity contribution in [1.29, 1.82) is 0 Å². The summed E-state index contributed by atoms with van der Waals surface area (Å²) in [7, 11) is 0. The summed E-state index contributed by atoms with van der Waals surface area (Å²) in [5.74, 6) is -0.989. The Morgan fingerprint density at radius 1 is 0.826 bits per heavy atom. The van der Waals surface area contributed by atoms with Crippen molar-refractivity contribution in [3.63, 3.8) is 0 Å². The van der Waals surface area contributed by atoms with Gasteiger partial charge < -0.3 is 13.9 Å². The Balaban J connectivity index is 3.60. The lowest BCUT2D eigenvalue weighted by Gasteiger charge is -2.13. The van der Waals surface area contributed by atoms with Crippen LogP contribution >= 0.6 is 0 Å². The van der Waals surface area contributed by atoms with Gasteiger partial charge in [0, 0.05) is 12.8 Å². The number of esters is 2. The average molecular weight is 324 g/mol. The standard InChI is InChI=1S/C17H24O6/c1-5-9-11-13(16(19)21-7-3)15(18)14(17(20)22-8-4)12(23-11)10-6-2/h5-10H2,1-4H3. The van der Waals surface area contributed by atoms with Crippen molar-refractivity contribution >= 4 is 11.9 Å². The van der Waals surface area contributed by atoms with Crippen LogP contribution in [0.25, 0.3) is 0 Å². The van der Waals surface area contributed by atoms with Crippen LogP contribution in [0.4, 0.5) is 0 Å². The van der Waals surface area contributed by atoms with Crippen LogP contribution in [-0.4, -0.2) is 25.2 Å². The zero-order chi connectivity index (χ0) is 17.4. The molecule has 0 atom stereocenters. The summed E-state index contributed by atoms with van der Waals surface area (Å²) in [6.45, 7) is 7.39. The molecule has 0 aliphatic carbocycles. The van der Waals surface area contributed by atoms with Crippen molar-refractivity contribution in [3.8, 4) is 0 Å². The number of aryl methyl sites for hydroxylation is 2. The molecule has 0 spiro atoms. The number of carbonyl (C=O) groups excluding carboxylic acids is 2. The van der Waals surface area contributed by atoms with E-state index in [2.05, 4.69) is 0 Å². The molecule has 1 aromatic rings. The summed E-state index contributed by atoms with van der Waals surface area (Å²) in [6, 6.07) is 0. The third-order valence-corrected chi connectivity index (χ3v) is 3.17. The van der Waals surface area contributed by atoms with E-state index in [0.29, 0.717) is 25.7 Å². The molecule has 0 aliphatic heterocycles. The van der Waals surface area contributed by atoms with Gasteiger partial charge in [-0.3, -0.25) is 4.79 Å². The fourth-order valence-corrected chi connectivity index (χ4v) is 2.25. The van der Waals surface area contributed by atoms with Gasteiger partial charge in [-0.1, -0.05) is 13.8 Å². The molecular weight excluding hydrogens is 300 g/mol. The Morgan fingerprint density at radius 2 is 1.22 bits per heavy atom. The molecule has 1 rings (SSSR count). The lowest BCUT2D eigenvalue weighted by Crippen LogP contribution is -2.28. The Morgan fingerprint density at radius 3 is 1.52 bits per heavy atom. The number of carbonyl (C=O) groups is 2. The molecule has 0 aliphatic rings. The zero-order valence-corrected chi connectivity index (χ0v) is 14.2. The molecule has 0 N–H and O–H groups in total. The van der Waals surface area contributed by atoms with Crippen LogP contribution in [-0.2, 0) is 22.3 Å². The van der Waals surface area contributed by atoms with Crippen LogP contribution < -0.4 is 5.43 Å². The molecule has 0 saturated heterocycles. The molecule has 0 saturated carbocycles. The van der Waals surface area contributed by atoms with Crippen molar-refractivity contribution < 1.29 is 23.5 Å². The van der Waals surface area contributed by atoms with E-state index in [4.69, 9.17) is 13.9 Å². The molecule has 6 heteroatoms. The molecule has 0 fully saturated rings. The second-order valence-corrected chi connectivity index (χ2v) is 4.97. The van der Waals surface area contributed by atoms with Gasteiger partial charge in [-0.05, 0) is 26.7 Å². The third kappa shape index (κ3) is 4.43. The van der Waals surface area contributed by atoms with Gasteiger partial charge in [0.25, 0.3) is 0 Å². The minimum absolute atomic E-state index is 0.134. The summed E-state index contributed by atoms with van der Waals surface area (Å²) in [4.78, 5) is 37.0. The normalized spacial score (nSPS) is 10.4. The number of ether oxygens (including phenoxy) is 2. The predicted molar refractivity (Wildman–Crippen MR) is 84.9 cm³/mol. The van der Waals surface area contributed by atoms with Crippen LogP contribution in [0.3, 0.4) is 0 Å². The highest BCUT2D eigenvalue weighted by Gasteiger charge is 2.28. The van der Waals surface area contributed by atoms with Crippen molar-refractivity contribution in [1.82, 2.24) is 0 Å². The van der Waals surface area contributed by atoms with Crippen molar-refractivity contribution in [2.75, 3.05) is 13.2 Å². The second kappa shape index (κ2) is 9.12. The van der Waals surface area contributed by atoms with Gasteiger partial charge in [0.05, 0.1) is 13.2 Å². The van der Waals surface area contributed by atoms with E-state index in [9.17, 15) is 14.4 Å². The van der Waals surface area contributed by atoms with Crippen LogP contribution in [0.15, 0.2) is 9.21 Å². The van der Waals surface area contributed by atoms with Crippen molar-refractivity contribution in [2.45, 2.75) is 53.4 Å². The lowest BCUT2D eigenvalue weighted by atomic mass is 10.0. The molecular formula is C17H24O6. The molecule has 0 amide bonds. The molecule has 0 unspecified atom stereocenters. The third-order valence-electron chi connectivity index (χ3n) is 3.17. The molecule has 6 nitrogen and oxygen atoms in total. The highest BCUT2D eigenvalue weighted by Crippen LogP contribution is 2.18. The van der Waals surface area contributed by atoms with E-state index in [1.807, 2.05) is 13.8 Å². The highest BCUT2D eigenvalue weighted by atomic mass is 16.5. The largest absolute Gasteiger partial charge is 0.464 e. The van der Waals surface area contributed by atoms with Gasteiger partial charge in [0.15, 0.2) is 0 Å². The lowest BCUT2D eigenvalue weighted by molar-refractivity contribution is 0.0512. The van der Waals surface area contributed by atoms with E-state index in [0.717, 1.165) is 0 Å². The van der Waals surface area contributed by atoms with E-state index in [1.165, 1.54) is 0 Å². The summed E-state index contributed by atoms with van der Waals surface area (Å²) in [6.07, 6.45) is 2.23. The first-order chi connectivity index (χ1) is 11.0. The SMILES string of the molecule is CCCc1oc(CCC)c(C(=O)OCC)c(=O)c1C(=O)OCC. The average Bonchev–Trinajstić information content (AvgIpc) is 2.48. The topological polar surface area (TPSA) is 82.8 Å². The van der Waals surface area contributed by atoms with Gasteiger partial charge in [0.2, 0.25) is 5.43 Å². The Kier molecular flexibility index (Phi) is 7.51. The molecule has 128 valence electrons.